The number of carboxylic acid groups (broad SMARTS) is 2. The number of unbranched alkanes of at least 4 members (excludes halogenated alkanes) is 2. The van der Waals surface area contributed by atoms with Gasteiger partial charge in [0.05, 0.1) is 5.56 Å². The minimum absolute atomic E-state index is 0.0445. The Bertz CT molecular complexity index is 756. The van der Waals surface area contributed by atoms with Crippen molar-refractivity contribution in [3.8, 4) is 0 Å². The Morgan fingerprint density at radius 3 is 2.48 bits per heavy atom. The highest BCUT2D eigenvalue weighted by Crippen LogP contribution is 2.51. The second-order valence-electron chi connectivity index (χ2n) is 7.30. The minimum atomic E-state index is -1.13. The van der Waals surface area contributed by atoms with Gasteiger partial charge < -0.3 is 15.5 Å². The van der Waals surface area contributed by atoms with Gasteiger partial charge in [0.25, 0.3) is 0 Å². The Kier molecular flexibility index (Phi) is 7.07. The Morgan fingerprint density at radius 1 is 1.22 bits per heavy atom. The van der Waals surface area contributed by atoms with E-state index >= 15 is 0 Å². The van der Waals surface area contributed by atoms with Gasteiger partial charge in [-0.25, -0.2) is 9.59 Å². The van der Waals surface area contributed by atoms with E-state index in [0.717, 1.165) is 29.9 Å². The van der Waals surface area contributed by atoms with Gasteiger partial charge in [0.2, 0.25) is 5.91 Å². The molecule has 1 fully saturated rings. The van der Waals surface area contributed by atoms with E-state index in [-0.39, 0.29) is 22.9 Å². The molecule has 3 N–H and O–H groups in total. The van der Waals surface area contributed by atoms with Crippen LogP contribution in [0.2, 0.25) is 0 Å². The van der Waals surface area contributed by atoms with E-state index in [2.05, 4.69) is 5.32 Å². The fourth-order valence-corrected chi connectivity index (χ4v) is 3.82. The molecular weight excluding hydrogens is 366 g/mol. The number of aromatic carboxylic acids is 1. The topological polar surface area (TPSA) is 104 Å². The Balaban J connectivity index is 1.76. The van der Waals surface area contributed by atoms with Crippen molar-refractivity contribution in [1.82, 2.24) is 5.32 Å². The van der Waals surface area contributed by atoms with Crippen LogP contribution >= 0.6 is 11.8 Å². The molecule has 0 aromatic heterocycles. The average Bonchev–Trinajstić information content (AvgIpc) is 3.25. The van der Waals surface area contributed by atoms with Gasteiger partial charge in [-0.3, -0.25) is 4.79 Å². The van der Waals surface area contributed by atoms with Crippen LogP contribution in [0, 0.1) is 11.3 Å². The molecular formula is C20H25NO5S. The first-order chi connectivity index (χ1) is 12.7. The van der Waals surface area contributed by atoms with Crippen molar-refractivity contribution in [3.05, 3.63) is 41.6 Å². The van der Waals surface area contributed by atoms with E-state index in [9.17, 15) is 19.5 Å². The molecule has 0 aliphatic heterocycles. The fraction of sp³-hybridized carbons (Fsp3) is 0.450. The normalized spacial score (nSPS) is 18.0. The number of rotatable bonds is 10. The number of thioether (sulfide) groups is 1. The highest BCUT2D eigenvalue weighted by atomic mass is 32.2. The summed E-state index contributed by atoms with van der Waals surface area (Å²) in [4.78, 5) is 35.2. The third-order valence-corrected chi connectivity index (χ3v) is 5.80. The maximum Gasteiger partial charge on any atom is 0.352 e. The molecule has 2 rings (SSSR count). The summed E-state index contributed by atoms with van der Waals surface area (Å²) < 4.78 is 0. The SMILES string of the molecule is CC1(C)CC1C(=O)NC(=CCCCCSc1ccccc1C(=O)O)C(=O)O. The Labute approximate surface area is 163 Å². The smallest absolute Gasteiger partial charge is 0.352 e. The number of allylic oxidation sites excluding steroid dienone is 1. The van der Waals surface area contributed by atoms with E-state index in [4.69, 9.17) is 5.11 Å². The molecule has 1 aliphatic rings. The molecule has 146 valence electrons. The van der Waals surface area contributed by atoms with Crippen LogP contribution < -0.4 is 5.32 Å². The molecule has 1 aromatic carbocycles. The van der Waals surface area contributed by atoms with E-state index in [1.54, 1.807) is 30.3 Å². The van der Waals surface area contributed by atoms with E-state index < -0.39 is 11.9 Å². The maximum absolute atomic E-state index is 12.0. The molecule has 0 heterocycles. The molecule has 1 atom stereocenters. The number of carbonyl (C=O) groups is 3. The average molecular weight is 391 g/mol. The third kappa shape index (κ3) is 6.13. The molecule has 1 aromatic rings. The van der Waals surface area contributed by atoms with Crippen LogP contribution in [0.3, 0.4) is 0 Å². The van der Waals surface area contributed by atoms with Crippen LogP contribution in [0.25, 0.3) is 0 Å². The van der Waals surface area contributed by atoms with Crippen LogP contribution in [0.4, 0.5) is 0 Å². The summed E-state index contributed by atoms with van der Waals surface area (Å²) in [6.45, 7) is 3.98. The lowest BCUT2D eigenvalue weighted by molar-refractivity contribution is -0.135. The van der Waals surface area contributed by atoms with Crippen LogP contribution in [-0.4, -0.2) is 33.8 Å². The summed E-state index contributed by atoms with van der Waals surface area (Å²) in [6.07, 6.45) is 4.43. The number of aliphatic carboxylic acids is 1. The van der Waals surface area contributed by atoms with E-state index in [0.29, 0.717) is 12.0 Å². The lowest BCUT2D eigenvalue weighted by Crippen LogP contribution is -2.29. The molecule has 27 heavy (non-hydrogen) atoms. The zero-order valence-corrected chi connectivity index (χ0v) is 16.3. The summed E-state index contributed by atoms with van der Waals surface area (Å²) in [5, 5.41) is 20.9. The first kappa shape index (κ1) is 21.0. The van der Waals surface area contributed by atoms with Crippen LogP contribution in [0.15, 0.2) is 40.9 Å². The van der Waals surface area contributed by atoms with E-state index in [1.165, 1.54) is 11.8 Å². The van der Waals surface area contributed by atoms with Crippen molar-refractivity contribution in [1.29, 1.82) is 0 Å². The summed E-state index contributed by atoms with van der Waals surface area (Å²) in [5.41, 5.74) is 0.185. The van der Waals surface area contributed by atoms with Crippen molar-refractivity contribution in [3.63, 3.8) is 0 Å². The number of nitrogens with one attached hydrogen (secondary N) is 1. The van der Waals surface area contributed by atoms with Gasteiger partial charge in [0.15, 0.2) is 0 Å². The molecule has 1 unspecified atom stereocenters. The second kappa shape index (κ2) is 9.08. The summed E-state index contributed by atoms with van der Waals surface area (Å²) >= 11 is 1.48. The monoisotopic (exact) mass is 391 g/mol. The van der Waals surface area contributed by atoms with Gasteiger partial charge in [-0.05, 0) is 49.0 Å². The predicted molar refractivity (Wildman–Crippen MR) is 104 cm³/mol. The minimum Gasteiger partial charge on any atom is -0.478 e. The highest BCUT2D eigenvalue weighted by Gasteiger charge is 2.50. The lowest BCUT2D eigenvalue weighted by atomic mass is 10.1. The third-order valence-electron chi connectivity index (χ3n) is 4.64. The molecule has 7 heteroatoms. The number of hydrogen-bond donors (Lipinski definition) is 3. The Hall–Kier alpha value is -2.28. The number of carboxylic acids is 2. The van der Waals surface area contributed by atoms with E-state index in [1.807, 2.05) is 13.8 Å². The van der Waals surface area contributed by atoms with Gasteiger partial charge >= 0.3 is 11.9 Å². The van der Waals surface area contributed by atoms with Gasteiger partial charge in [0, 0.05) is 10.8 Å². The number of amides is 1. The second-order valence-corrected chi connectivity index (χ2v) is 8.44. The van der Waals surface area contributed by atoms with Crippen molar-refractivity contribution >= 4 is 29.6 Å². The lowest BCUT2D eigenvalue weighted by Gasteiger charge is -2.08. The molecule has 0 saturated heterocycles. The first-order valence-corrected chi connectivity index (χ1v) is 9.90. The molecule has 1 amide bonds. The van der Waals surface area contributed by atoms with Gasteiger partial charge in [-0.15, -0.1) is 11.8 Å². The largest absolute Gasteiger partial charge is 0.478 e. The molecule has 0 spiro atoms. The number of hydrogen-bond acceptors (Lipinski definition) is 4. The van der Waals surface area contributed by atoms with Crippen LogP contribution in [0.5, 0.6) is 0 Å². The fourth-order valence-electron chi connectivity index (χ4n) is 2.77. The summed E-state index contributed by atoms with van der Waals surface area (Å²) in [6, 6.07) is 6.87. The van der Waals surface area contributed by atoms with Crippen molar-refractivity contribution in [2.75, 3.05) is 5.75 Å². The van der Waals surface area contributed by atoms with Gasteiger partial charge in [0.1, 0.15) is 5.70 Å². The molecule has 6 nitrogen and oxygen atoms in total. The van der Waals surface area contributed by atoms with Crippen molar-refractivity contribution in [2.45, 2.75) is 44.4 Å². The zero-order chi connectivity index (χ0) is 20.0. The molecule has 0 radical (unpaired) electrons. The van der Waals surface area contributed by atoms with Gasteiger partial charge in [-0.1, -0.05) is 32.1 Å². The standard InChI is InChI=1S/C20H25NO5S/c1-20(2)12-14(20)17(22)21-15(19(25)26)9-4-3-7-11-27-16-10-6-5-8-13(16)18(23)24/h5-6,8-10,14H,3-4,7,11-12H2,1-2H3,(H,21,22)(H,23,24)(H,25,26). The quantitative estimate of drug-likeness (QED) is 0.319. The summed E-state index contributed by atoms with van der Waals surface area (Å²) in [7, 11) is 0. The molecule has 0 bridgehead atoms. The number of benzene rings is 1. The van der Waals surface area contributed by atoms with Crippen LogP contribution in [0.1, 0.15) is 49.9 Å². The summed E-state index contributed by atoms with van der Waals surface area (Å²) in [5.74, 6) is -1.68. The maximum atomic E-state index is 12.0. The van der Waals surface area contributed by atoms with Crippen LogP contribution in [-0.2, 0) is 9.59 Å². The Morgan fingerprint density at radius 2 is 1.89 bits per heavy atom. The number of carbonyl (C=O) groups excluding carboxylic acids is 1. The first-order valence-electron chi connectivity index (χ1n) is 8.92. The highest BCUT2D eigenvalue weighted by molar-refractivity contribution is 7.99. The van der Waals surface area contributed by atoms with Crippen molar-refractivity contribution in [2.24, 2.45) is 11.3 Å². The predicted octanol–water partition coefficient (Wildman–Crippen LogP) is 3.78. The molecule has 1 saturated carbocycles. The van der Waals surface area contributed by atoms with Gasteiger partial charge in [-0.2, -0.15) is 0 Å². The zero-order valence-electron chi connectivity index (χ0n) is 15.5. The molecule has 1 aliphatic carbocycles. The van der Waals surface area contributed by atoms with Crippen molar-refractivity contribution < 1.29 is 24.6 Å².